The van der Waals surface area contributed by atoms with Crippen LogP contribution in [-0.2, 0) is 6.54 Å². The van der Waals surface area contributed by atoms with E-state index in [2.05, 4.69) is 10.6 Å². The number of methoxy groups -OCH3 is 1. The second kappa shape index (κ2) is 9.07. The Balaban J connectivity index is 1.81. The minimum Gasteiger partial charge on any atom is -0.495 e. The van der Waals surface area contributed by atoms with Crippen molar-refractivity contribution in [1.82, 2.24) is 0 Å². The minimum atomic E-state index is -0.533. The normalized spacial score (nSPS) is 10.3. The van der Waals surface area contributed by atoms with Crippen LogP contribution in [-0.4, -0.2) is 17.9 Å². The van der Waals surface area contributed by atoms with E-state index >= 15 is 0 Å². The first-order chi connectivity index (χ1) is 14.0. The van der Waals surface area contributed by atoms with Crippen molar-refractivity contribution in [3.05, 3.63) is 93.0 Å². The number of rotatable bonds is 7. The molecule has 0 aliphatic heterocycles. The van der Waals surface area contributed by atoms with Gasteiger partial charge >= 0.3 is 0 Å². The standard InChI is InChI=1S/C21H18ClN3O4/c1-29-20-9-5-4-8-18(20)24-21(26)14-10-11-17(19(12-14)25(27)28)23-13-15-6-2-3-7-16(15)22/h2-12,23H,13H2,1H3,(H,24,26). The van der Waals surface area contributed by atoms with Crippen molar-refractivity contribution in [3.63, 3.8) is 0 Å². The molecule has 0 spiro atoms. The van der Waals surface area contributed by atoms with Crippen LogP contribution in [0.1, 0.15) is 15.9 Å². The lowest BCUT2D eigenvalue weighted by molar-refractivity contribution is -0.384. The summed E-state index contributed by atoms with van der Waals surface area (Å²) in [4.78, 5) is 23.6. The molecule has 29 heavy (non-hydrogen) atoms. The zero-order chi connectivity index (χ0) is 20.8. The van der Waals surface area contributed by atoms with Crippen molar-refractivity contribution in [2.75, 3.05) is 17.7 Å². The number of hydrogen-bond acceptors (Lipinski definition) is 5. The van der Waals surface area contributed by atoms with Crippen LogP contribution < -0.4 is 15.4 Å². The molecule has 0 atom stereocenters. The van der Waals surface area contributed by atoms with E-state index in [9.17, 15) is 14.9 Å². The molecule has 7 nitrogen and oxygen atoms in total. The summed E-state index contributed by atoms with van der Waals surface area (Å²) in [6, 6.07) is 18.4. The summed E-state index contributed by atoms with van der Waals surface area (Å²) in [7, 11) is 1.50. The number of nitrogens with one attached hydrogen (secondary N) is 2. The van der Waals surface area contributed by atoms with Gasteiger partial charge in [-0.15, -0.1) is 0 Å². The first-order valence-corrected chi connectivity index (χ1v) is 9.07. The quantitative estimate of drug-likeness (QED) is 0.415. The van der Waals surface area contributed by atoms with Crippen LogP contribution in [0.25, 0.3) is 0 Å². The lowest BCUT2D eigenvalue weighted by atomic mass is 10.1. The summed E-state index contributed by atoms with van der Waals surface area (Å²) in [6.45, 7) is 0.313. The summed E-state index contributed by atoms with van der Waals surface area (Å²) < 4.78 is 5.20. The topological polar surface area (TPSA) is 93.5 Å². The molecule has 0 unspecified atom stereocenters. The molecular weight excluding hydrogens is 394 g/mol. The van der Waals surface area contributed by atoms with Gasteiger partial charge in [-0.2, -0.15) is 0 Å². The van der Waals surface area contributed by atoms with E-state index in [1.54, 1.807) is 30.3 Å². The Morgan fingerprint density at radius 1 is 1.07 bits per heavy atom. The predicted molar refractivity (Wildman–Crippen MR) is 113 cm³/mol. The summed E-state index contributed by atoms with van der Waals surface area (Å²) in [5.74, 6) is 0.0173. The average Bonchev–Trinajstić information content (AvgIpc) is 2.73. The summed E-state index contributed by atoms with van der Waals surface area (Å²) in [5.41, 5.74) is 1.53. The zero-order valence-electron chi connectivity index (χ0n) is 15.5. The average molecular weight is 412 g/mol. The third-order valence-corrected chi connectivity index (χ3v) is 4.61. The van der Waals surface area contributed by atoms with Crippen molar-refractivity contribution in [2.45, 2.75) is 6.54 Å². The maximum absolute atomic E-state index is 12.6. The highest BCUT2D eigenvalue weighted by molar-refractivity contribution is 6.31. The molecule has 3 aromatic carbocycles. The van der Waals surface area contributed by atoms with Crippen molar-refractivity contribution in [1.29, 1.82) is 0 Å². The minimum absolute atomic E-state index is 0.158. The number of anilines is 2. The van der Waals surface area contributed by atoms with Crippen LogP contribution in [0.4, 0.5) is 17.1 Å². The van der Waals surface area contributed by atoms with Crippen LogP contribution in [0.2, 0.25) is 5.02 Å². The van der Waals surface area contributed by atoms with E-state index in [0.29, 0.717) is 28.7 Å². The summed E-state index contributed by atoms with van der Waals surface area (Å²) >= 11 is 6.12. The smallest absolute Gasteiger partial charge is 0.293 e. The number of carbonyl (C=O) groups is 1. The van der Waals surface area contributed by atoms with Crippen molar-refractivity contribution >= 4 is 34.6 Å². The Morgan fingerprint density at radius 3 is 2.52 bits per heavy atom. The molecule has 0 aliphatic carbocycles. The number of benzene rings is 3. The maximum atomic E-state index is 12.6. The molecule has 1 amide bonds. The fraction of sp³-hybridized carbons (Fsp3) is 0.0952. The highest BCUT2D eigenvalue weighted by Gasteiger charge is 2.18. The van der Waals surface area contributed by atoms with E-state index in [-0.39, 0.29) is 11.3 Å². The molecule has 3 aromatic rings. The molecule has 8 heteroatoms. The Hall–Kier alpha value is -3.58. The number of nitro benzene ring substituents is 1. The molecule has 0 aromatic heterocycles. The van der Waals surface area contributed by atoms with E-state index < -0.39 is 10.8 Å². The number of hydrogen-bond donors (Lipinski definition) is 2. The molecule has 0 bridgehead atoms. The van der Waals surface area contributed by atoms with Crippen molar-refractivity contribution in [3.8, 4) is 5.75 Å². The van der Waals surface area contributed by atoms with E-state index in [4.69, 9.17) is 16.3 Å². The fourth-order valence-corrected chi connectivity index (χ4v) is 2.95. The van der Waals surface area contributed by atoms with Crippen LogP contribution in [0, 0.1) is 10.1 Å². The van der Waals surface area contributed by atoms with Gasteiger partial charge in [0.15, 0.2) is 0 Å². The zero-order valence-corrected chi connectivity index (χ0v) is 16.3. The fourth-order valence-electron chi connectivity index (χ4n) is 2.75. The SMILES string of the molecule is COc1ccccc1NC(=O)c1ccc(NCc2ccccc2Cl)c([N+](=O)[O-])c1. The Bertz CT molecular complexity index is 1060. The van der Waals surface area contributed by atoms with Gasteiger partial charge in [-0.3, -0.25) is 14.9 Å². The van der Waals surface area contributed by atoms with E-state index in [1.807, 2.05) is 18.2 Å². The lowest BCUT2D eigenvalue weighted by Gasteiger charge is -2.11. The maximum Gasteiger partial charge on any atom is 0.293 e. The van der Waals surface area contributed by atoms with Gasteiger partial charge in [0.2, 0.25) is 0 Å². The molecule has 3 rings (SSSR count). The number of para-hydroxylation sites is 2. The molecule has 0 radical (unpaired) electrons. The summed E-state index contributed by atoms with van der Waals surface area (Å²) in [5, 5.41) is 17.8. The highest BCUT2D eigenvalue weighted by atomic mass is 35.5. The lowest BCUT2D eigenvalue weighted by Crippen LogP contribution is -2.13. The second-order valence-electron chi connectivity index (χ2n) is 6.09. The van der Waals surface area contributed by atoms with Gasteiger partial charge in [0.05, 0.1) is 17.7 Å². The van der Waals surface area contributed by atoms with Gasteiger partial charge in [0.25, 0.3) is 11.6 Å². The molecular formula is C21H18ClN3O4. The number of halogens is 1. The monoisotopic (exact) mass is 411 g/mol. The molecule has 0 saturated carbocycles. The largest absolute Gasteiger partial charge is 0.495 e. The Morgan fingerprint density at radius 2 is 1.79 bits per heavy atom. The second-order valence-corrected chi connectivity index (χ2v) is 6.50. The molecule has 0 heterocycles. The van der Waals surface area contributed by atoms with E-state index in [1.165, 1.54) is 25.3 Å². The number of nitro groups is 1. The van der Waals surface area contributed by atoms with Gasteiger partial charge in [0, 0.05) is 23.2 Å². The van der Waals surface area contributed by atoms with Gasteiger partial charge in [0.1, 0.15) is 11.4 Å². The summed E-state index contributed by atoms with van der Waals surface area (Å²) in [6.07, 6.45) is 0. The molecule has 0 aliphatic rings. The van der Waals surface area contributed by atoms with Gasteiger partial charge < -0.3 is 15.4 Å². The first kappa shape index (κ1) is 20.2. The molecule has 0 saturated heterocycles. The van der Waals surface area contributed by atoms with Gasteiger partial charge in [-0.25, -0.2) is 0 Å². The molecule has 148 valence electrons. The Kier molecular flexibility index (Phi) is 6.31. The van der Waals surface area contributed by atoms with Crippen LogP contribution in [0.5, 0.6) is 5.75 Å². The van der Waals surface area contributed by atoms with Crippen LogP contribution in [0.3, 0.4) is 0 Å². The van der Waals surface area contributed by atoms with Crippen molar-refractivity contribution in [2.24, 2.45) is 0 Å². The van der Waals surface area contributed by atoms with Crippen LogP contribution in [0.15, 0.2) is 66.7 Å². The molecule has 2 N–H and O–H groups in total. The van der Waals surface area contributed by atoms with E-state index in [0.717, 1.165) is 5.56 Å². The van der Waals surface area contributed by atoms with Crippen molar-refractivity contribution < 1.29 is 14.5 Å². The van der Waals surface area contributed by atoms with Crippen LogP contribution >= 0.6 is 11.6 Å². The number of ether oxygens (including phenoxy) is 1. The first-order valence-electron chi connectivity index (χ1n) is 8.69. The van der Waals surface area contributed by atoms with Gasteiger partial charge in [-0.1, -0.05) is 41.9 Å². The Labute approximate surface area is 172 Å². The van der Waals surface area contributed by atoms with Gasteiger partial charge in [-0.05, 0) is 35.9 Å². The number of nitrogens with zero attached hydrogens (tertiary/aromatic N) is 1. The predicted octanol–water partition coefficient (Wildman–Crippen LogP) is 5.12. The number of carbonyl (C=O) groups excluding carboxylic acids is 1. The highest BCUT2D eigenvalue weighted by Crippen LogP contribution is 2.28. The third kappa shape index (κ3) is 4.83. The third-order valence-electron chi connectivity index (χ3n) is 4.24. The molecule has 0 fully saturated rings. The number of amides is 1.